The Bertz CT molecular complexity index is 486. The van der Waals surface area contributed by atoms with Crippen LogP contribution in [0.2, 0.25) is 0 Å². The second-order valence-electron chi connectivity index (χ2n) is 4.69. The van der Waals surface area contributed by atoms with Crippen LogP contribution in [0.5, 0.6) is 11.5 Å². The molecule has 2 aliphatic rings. The lowest BCUT2D eigenvalue weighted by molar-refractivity contribution is 0.297. The van der Waals surface area contributed by atoms with Crippen LogP contribution in [0.1, 0.15) is 19.3 Å². The predicted octanol–water partition coefficient (Wildman–Crippen LogP) is 1.24. The summed E-state index contributed by atoms with van der Waals surface area (Å²) in [5.41, 5.74) is 3.46. The molecule has 0 bridgehead atoms. The summed E-state index contributed by atoms with van der Waals surface area (Å²) in [5.74, 6) is 7.58. The second kappa shape index (κ2) is 5.36. The van der Waals surface area contributed by atoms with Gasteiger partial charge in [0.25, 0.3) is 0 Å². The second-order valence-corrected chi connectivity index (χ2v) is 4.69. The first kappa shape index (κ1) is 12.1. The minimum atomic E-state index is 0.402. The SMILES string of the molecule is NNC(=NC1CC1)Nc1ccc2c(c1)OCCCO2. The van der Waals surface area contributed by atoms with Gasteiger partial charge in [0.05, 0.1) is 19.3 Å². The van der Waals surface area contributed by atoms with Crippen LogP contribution in [0.4, 0.5) is 5.69 Å². The van der Waals surface area contributed by atoms with Crippen molar-refractivity contribution in [2.24, 2.45) is 10.8 Å². The fraction of sp³-hybridized carbons (Fsp3) is 0.462. The van der Waals surface area contributed by atoms with Crippen molar-refractivity contribution >= 4 is 11.6 Å². The van der Waals surface area contributed by atoms with Gasteiger partial charge < -0.3 is 14.8 Å². The minimum absolute atomic E-state index is 0.402. The molecule has 1 aliphatic carbocycles. The zero-order valence-electron chi connectivity index (χ0n) is 10.7. The Morgan fingerprint density at radius 1 is 1.21 bits per heavy atom. The Hall–Kier alpha value is -1.95. The molecule has 0 unspecified atom stereocenters. The maximum absolute atomic E-state index is 5.64. The van der Waals surface area contributed by atoms with Gasteiger partial charge in [-0.15, -0.1) is 0 Å². The van der Waals surface area contributed by atoms with E-state index in [9.17, 15) is 0 Å². The van der Waals surface area contributed by atoms with Gasteiger partial charge in [-0.2, -0.15) is 0 Å². The highest BCUT2D eigenvalue weighted by Gasteiger charge is 2.21. The Kier molecular flexibility index (Phi) is 3.41. The first-order chi connectivity index (χ1) is 9.35. The molecule has 0 saturated heterocycles. The average Bonchev–Trinajstić information content (AvgIpc) is 3.24. The lowest BCUT2D eigenvalue weighted by Gasteiger charge is -2.12. The molecule has 6 nitrogen and oxygen atoms in total. The van der Waals surface area contributed by atoms with Gasteiger partial charge >= 0.3 is 0 Å². The van der Waals surface area contributed by atoms with Crippen LogP contribution < -0.4 is 26.1 Å². The zero-order chi connectivity index (χ0) is 13.1. The average molecular weight is 262 g/mol. The number of aliphatic imine (C=N–C) groups is 1. The number of nitrogens with one attached hydrogen (secondary N) is 2. The molecule has 19 heavy (non-hydrogen) atoms. The summed E-state index contributed by atoms with van der Waals surface area (Å²) in [6.07, 6.45) is 3.16. The van der Waals surface area contributed by atoms with E-state index in [1.807, 2.05) is 18.2 Å². The number of guanidine groups is 1. The van der Waals surface area contributed by atoms with E-state index in [0.717, 1.165) is 36.4 Å². The number of rotatable bonds is 2. The lowest BCUT2D eigenvalue weighted by Crippen LogP contribution is -2.36. The molecule has 102 valence electrons. The summed E-state index contributed by atoms with van der Waals surface area (Å²) in [6, 6.07) is 6.13. The summed E-state index contributed by atoms with van der Waals surface area (Å²) in [7, 11) is 0. The van der Waals surface area contributed by atoms with Crippen LogP contribution in [0.15, 0.2) is 23.2 Å². The van der Waals surface area contributed by atoms with Gasteiger partial charge in [-0.25, -0.2) is 10.8 Å². The van der Waals surface area contributed by atoms with Gasteiger partial charge in [0, 0.05) is 18.2 Å². The molecule has 4 N–H and O–H groups in total. The van der Waals surface area contributed by atoms with E-state index in [1.165, 1.54) is 0 Å². The van der Waals surface area contributed by atoms with Gasteiger partial charge in [0.2, 0.25) is 5.96 Å². The molecule has 6 heteroatoms. The predicted molar refractivity (Wildman–Crippen MR) is 73.5 cm³/mol. The maximum Gasteiger partial charge on any atom is 0.210 e. The lowest BCUT2D eigenvalue weighted by atomic mass is 10.3. The van der Waals surface area contributed by atoms with Crippen molar-refractivity contribution in [3.8, 4) is 11.5 Å². The molecule has 0 atom stereocenters. The monoisotopic (exact) mass is 262 g/mol. The minimum Gasteiger partial charge on any atom is -0.490 e. The maximum atomic E-state index is 5.64. The van der Waals surface area contributed by atoms with Crippen LogP contribution in [0, 0.1) is 0 Å². The quantitative estimate of drug-likeness (QED) is 0.323. The number of hydrazine groups is 1. The third kappa shape index (κ3) is 3.08. The molecular weight excluding hydrogens is 244 g/mol. The largest absolute Gasteiger partial charge is 0.490 e. The van der Waals surface area contributed by atoms with Crippen molar-refractivity contribution in [3.05, 3.63) is 18.2 Å². The number of hydrogen-bond donors (Lipinski definition) is 3. The standard InChI is InChI=1S/C13H18N4O2/c14-17-13(15-9-2-3-9)16-10-4-5-11-12(8-10)19-7-1-6-18-11/h4-5,8-9H,1-3,6-7,14H2,(H2,15,16,17). The van der Waals surface area contributed by atoms with Gasteiger partial charge in [0.15, 0.2) is 11.5 Å². The first-order valence-corrected chi connectivity index (χ1v) is 6.56. The molecule has 0 spiro atoms. The third-order valence-electron chi connectivity index (χ3n) is 3.01. The number of nitrogens with two attached hydrogens (primary N) is 1. The number of hydrogen-bond acceptors (Lipinski definition) is 4. The Morgan fingerprint density at radius 3 is 2.74 bits per heavy atom. The Balaban J connectivity index is 1.75. The van der Waals surface area contributed by atoms with E-state index in [1.54, 1.807) is 0 Å². The fourth-order valence-electron chi connectivity index (χ4n) is 1.87. The summed E-state index contributed by atoms with van der Waals surface area (Å²) < 4.78 is 11.2. The Morgan fingerprint density at radius 2 is 2.00 bits per heavy atom. The fourth-order valence-corrected chi connectivity index (χ4v) is 1.87. The first-order valence-electron chi connectivity index (χ1n) is 6.56. The number of nitrogens with zero attached hydrogens (tertiary/aromatic N) is 1. The van der Waals surface area contributed by atoms with Gasteiger partial charge in [-0.3, -0.25) is 5.43 Å². The number of ether oxygens (including phenoxy) is 2. The molecule has 0 aromatic heterocycles. The highest BCUT2D eigenvalue weighted by Crippen LogP contribution is 2.32. The number of benzene rings is 1. The molecular formula is C13H18N4O2. The highest BCUT2D eigenvalue weighted by atomic mass is 16.5. The van der Waals surface area contributed by atoms with Crippen LogP contribution in [0.25, 0.3) is 0 Å². The van der Waals surface area contributed by atoms with Crippen molar-refractivity contribution in [2.75, 3.05) is 18.5 Å². The van der Waals surface area contributed by atoms with E-state index in [2.05, 4.69) is 15.7 Å². The van der Waals surface area contributed by atoms with Crippen molar-refractivity contribution in [1.29, 1.82) is 0 Å². The topological polar surface area (TPSA) is 80.9 Å². The highest BCUT2D eigenvalue weighted by molar-refractivity contribution is 5.93. The smallest absolute Gasteiger partial charge is 0.210 e. The normalized spacial score (nSPS) is 18.7. The molecule has 0 radical (unpaired) electrons. The molecule has 1 heterocycles. The zero-order valence-corrected chi connectivity index (χ0v) is 10.7. The summed E-state index contributed by atoms with van der Waals surface area (Å²) in [6.45, 7) is 1.37. The van der Waals surface area contributed by atoms with Crippen molar-refractivity contribution in [3.63, 3.8) is 0 Å². The van der Waals surface area contributed by atoms with Crippen LogP contribution in [-0.2, 0) is 0 Å². The van der Waals surface area contributed by atoms with Crippen molar-refractivity contribution in [1.82, 2.24) is 5.43 Å². The van der Waals surface area contributed by atoms with Crippen LogP contribution in [-0.4, -0.2) is 25.2 Å². The van der Waals surface area contributed by atoms with E-state index < -0.39 is 0 Å². The van der Waals surface area contributed by atoms with Crippen LogP contribution in [0.3, 0.4) is 0 Å². The Labute approximate surface area is 112 Å². The number of fused-ring (bicyclic) bond motifs is 1. The van der Waals surface area contributed by atoms with Crippen molar-refractivity contribution in [2.45, 2.75) is 25.3 Å². The molecule has 0 amide bonds. The summed E-state index contributed by atoms with van der Waals surface area (Å²) in [4.78, 5) is 4.43. The molecule has 1 fully saturated rings. The van der Waals surface area contributed by atoms with Gasteiger partial charge in [-0.05, 0) is 25.0 Å². The van der Waals surface area contributed by atoms with Gasteiger partial charge in [0.1, 0.15) is 0 Å². The summed E-state index contributed by atoms with van der Waals surface area (Å²) >= 11 is 0. The van der Waals surface area contributed by atoms with Crippen LogP contribution >= 0.6 is 0 Å². The molecule has 1 aromatic rings. The van der Waals surface area contributed by atoms with E-state index in [0.29, 0.717) is 25.2 Å². The van der Waals surface area contributed by atoms with E-state index in [4.69, 9.17) is 15.3 Å². The van der Waals surface area contributed by atoms with Crippen molar-refractivity contribution < 1.29 is 9.47 Å². The van der Waals surface area contributed by atoms with E-state index >= 15 is 0 Å². The van der Waals surface area contributed by atoms with Gasteiger partial charge in [-0.1, -0.05) is 0 Å². The molecule has 1 aromatic carbocycles. The van der Waals surface area contributed by atoms with E-state index in [-0.39, 0.29) is 0 Å². The molecule has 1 aliphatic heterocycles. The summed E-state index contributed by atoms with van der Waals surface area (Å²) in [5, 5.41) is 3.15. The molecule has 1 saturated carbocycles. The number of anilines is 1. The molecule has 3 rings (SSSR count). The third-order valence-corrected chi connectivity index (χ3v) is 3.01.